The highest BCUT2D eigenvalue weighted by Gasteiger charge is 2.03. The number of fused-ring (bicyclic) bond motifs is 1. The molecule has 1 aromatic heterocycles. The fourth-order valence-electron chi connectivity index (χ4n) is 1.95. The van der Waals surface area contributed by atoms with Crippen LogP contribution in [0.1, 0.15) is 5.56 Å². The largest absolute Gasteiger partial charge is 0.143 e. The van der Waals surface area contributed by atoms with Crippen LogP contribution in [0.4, 0.5) is 0 Å². The Morgan fingerprint density at radius 3 is 2.50 bits per heavy atom. The zero-order valence-electron chi connectivity index (χ0n) is 9.10. The van der Waals surface area contributed by atoms with Crippen molar-refractivity contribution in [2.45, 2.75) is 6.92 Å². The lowest BCUT2D eigenvalue weighted by atomic mass is 10.0. The van der Waals surface area contributed by atoms with E-state index >= 15 is 0 Å². The van der Waals surface area contributed by atoms with Gasteiger partial charge in [-0.3, -0.25) is 0 Å². The molecule has 1 heteroatoms. The van der Waals surface area contributed by atoms with Gasteiger partial charge in [-0.05, 0) is 34.9 Å². The Labute approximate surface area is 99.2 Å². The van der Waals surface area contributed by atoms with E-state index in [9.17, 15) is 0 Å². The van der Waals surface area contributed by atoms with Crippen LogP contribution in [-0.2, 0) is 0 Å². The van der Waals surface area contributed by atoms with Gasteiger partial charge in [0.15, 0.2) is 0 Å². The lowest BCUT2D eigenvalue weighted by Gasteiger charge is -2.03. The second kappa shape index (κ2) is 3.76. The second-order valence-electron chi connectivity index (χ2n) is 4.01. The molecule has 0 aliphatic carbocycles. The van der Waals surface area contributed by atoms with Crippen LogP contribution in [0.5, 0.6) is 0 Å². The van der Waals surface area contributed by atoms with Crippen molar-refractivity contribution in [3.63, 3.8) is 0 Å². The maximum atomic E-state index is 2.20. The number of rotatable bonds is 1. The Morgan fingerprint density at radius 2 is 1.69 bits per heavy atom. The highest BCUT2D eigenvalue weighted by molar-refractivity contribution is 7.17. The summed E-state index contributed by atoms with van der Waals surface area (Å²) in [5.74, 6) is 0. The summed E-state index contributed by atoms with van der Waals surface area (Å²) in [6.45, 7) is 2.12. The van der Waals surface area contributed by atoms with Gasteiger partial charge in [0, 0.05) is 4.70 Å². The Morgan fingerprint density at radius 1 is 0.875 bits per heavy atom. The summed E-state index contributed by atoms with van der Waals surface area (Å²) < 4.78 is 1.38. The average Bonchev–Trinajstić information content (AvgIpc) is 2.78. The smallest absolute Gasteiger partial charge is 0.0421 e. The molecule has 0 aliphatic rings. The Hall–Kier alpha value is -1.60. The van der Waals surface area contributed by atoms with Gasteiger partial charge in [-0.2, -0.15) is 0 Å². The van der Waals surface area contributed by atoms with Gasteiger partial charge < -0.3 is 0 Å². The molecular weight excluding hydrogens is 212 g/mol. The minimum atomic E-state index is 1.30. The summed E-state index contributed by atoms with van der Waals surface area (Å²) in [5, 5.41) is 3.49. The minimum absolute atomic E-state index is 1.30. The van der Waals surface area contributed by atoms with Crippen molar-refractivity contribution in [3.05, 3.63) is 59.5 Å². The maximum absolute atomic E-state index is 2.20. The molecule has 3 rings (SSSR count). The summed E-state index contributed by atoms with van der Waals surface area (Å²) in [4.78, 5) is 0. The number of hydrogen-bond acceptors (Lipinski definition) is 1. The quantitative estimate of drug-likeness (QED) is 0.553. The molecule has 0 saturated carbocycles. The molecule has 0 radical (unpaired) electrons. The predicted octanol–water partition coefficient (Wildman–Crippen LogP) is 4.88. The van der Waals surface area contributed by atoms with Crippen molar-refractivity contribution < 1.29 is 0 Å². The fraction of sp³-hybridized carbons (Fsp3) is 0.0667. The molecule has 0 unspecified atom stereocenters. The number of aryl methyl sites for hydroxylation is 1. The van der Waals surface area contributed by atoms with Crippen LogP contribution in [0.25, 0.3) is 21.2 Å². The molecule has 2 aromatic carbocycles. The van der Waals surface area contributed by atoms with Crippen LogP contribution < -0.4 is 0 Å². The Balaban J connectivity index is 2.25. The van der Waals surface area contributed by atoms with Gasteiger partial charge in [0.2, 0.25) is 0 Å². The summed E-state index contributed by atoms with van der Waals surface area (Å²) in [7, 11) is 0. The monoisotopic (exact) mass is 224 g/mol. The van der Waals surface area contributed by atoms with E-state index < -0.39 is 0 Å². The molecule has 0 saturated heterocycles. The third kappa shape index (κ3) is 1.54. The Kier molecular flexibility index (Phi) is 2.26. The average molecular weight is 224 g/mol. The van der Waals surface area contributed by atoms with E-state index in [4.69, 9.17) is 0 Å². The summed E-state index contributed by atoms with van der Waals surface area (Å²) >= 11 is 1.81. The van der Waals surface area contributed by atoms with E-state index in [1.807, 2.05) is 11.3 Å². The molecule has 1 heterocycles. The third-order valence-corrected chi connectivity index (χ3v) is 3.81. The molecule has 3 aromatic rings. The zero-order chi connectivity index (χ0) is 11.0. The first-order valence-corrected chi connectivity index (χ1v) is 6.26. The van der Waals surface area contributed by atoms with Crippen molar-refractivity contribution in [1.29, 1.82) is 0 Å². The van der Waals surface area contributed by atoms with E-state index in [-0.39, 0.29) is 0 Å². The second-order valence-corrected chi connectivity index (χ2v) is 4.93. The van der Waals surface area contributed by atoms with E-state index in [1.54, 1.807) is 0 Å². The molecule has 0 fully saturated rings. The molecule has 0 amide bonds. The van der Waals surface area contributed by atoms with Crippen LogP contribution in [-0.4, -0.2) is 0 Å². The first kappa shape index (κ1) is 9.61. The van der Waals surface area contributed by atoms with Crippen LogP contribution in [0, 0.1) is 6.92 Å². The lowest BCUT2D eigenvalue weighted by molar-refractivity contribution is 1.47. The van der Waals surface area contributed by atoms with Gasteiger partial charge in [-0.1, -0.05) is 48.0 Å². The van der Waals surface area contributed by atoms with Crippen molar-refractivity contribution in [2.75, 3.05) is 0 Å². The van der Waals surface area contributed by atoms with E-state index in [0.29, 0.717) is 0 Å². The Bertz CT molecular complexity index is 617. The van der Waals surface area contributed by atoms with Crippen molar-refractivity contribution >= 4 is 21.4 Å². The number of benzene rings is 2. The molecule has 0 bridgehead atoms. The van der Waals surface area contributed by atoms with Crippen molar-refractivity contribution in [2.24, 2.45) is 0 Å². The van der Waals surface area contributed by atoms with Gasteiger partial charge in [-0.15, -0.1) is 11.3 Å². The van der Waals surface area contributed by atoms with E-state index in [2.05, 4.69) is 60.8 Å². The first-order chi connectivity index (χ1) is 7.84. The molecule has 78 valence electrons. The molecule has 0 N–H and O–H groups in total. The lowest BCUT2D eigenvalue weighted by Crippen LogP contribution is -1.78. The standard InChI is InChI=1S/C15H12S/c1-11-5-7-12(8-6-11)14-4-2-3-13-9-10-16-15(13)14/h2-10H,1H3. The van der Waals surface area contributed by atoms with Gasteiger partial charge in [0.25, 0.3) is 0 Å². The van der Waals surface area contributed by atoms with Crippen LogP contribution in [0.15, 0.2) is 53.9 Å². The fourth-order valence-corrected chi connectivity index (χ4v) is 2.89. The molecule has 0 spiro atoms. The van der Waals surface area contributed by atoms with Crippen LogP contribution >= 0.6 is 11.3 Å². The summed E-state index contributed by atoms with van der Waals surface area (Å²) in [5.41, 5.74) is 3.95. The van der Waals surface area contributed by atoms with Gasteiger partial charge in [0.1, 0.15) is 0 Å². The molecule has 0 nitrogen and oxygen atoms in total. The van der Waals surface area contributed by atoms with Gasteiger partial charge >= 0.3 is 0 Å². The van der Waals surface area contributed by atoms with E-state index in [0.717, 1.165) is 0 Å². The number of hydrogen-bond donors (Lipinski definition) is 0. The molecule has 16 heavy (non-hydrogen) atoms. The SMILES string of the molecule is Cc1ccc(-c2cccc3ccsc23)cc1. The van der Waals surface area contributed by atoms with Crippen molar-refractivity contribution in [1.82, 2.24) is 0 Å². The normalized spacial score (nSPS) is 10.8. The first-order valence-electron chi connectivity index (χ1n) is 5.38. The third-order valence-electron chi connectivity index (χ3n) is 2.84. The highest BCUT2D eigenvalue weighted by atomic mass is 32.1. The minimum Gasteiger partial charge on any atom is -0.143 e. The molecule has 0 aliphatic heterocycles. The van der Waals surface area contributed by atoms with Crippen LogP contribution in [0.3, 0.4) is 0 Å². The van der Waals surface area contributed by atoms with Crippen molar-refractivity contribution in [3.8, 4) is 11.1 Å². The highest BCUT2D eigenvalue weighted by Crippen LogP contribution is 2.32. The van der Waals surface area contributed by atoms with Gasteiger partial charge in [0.05, 0.1) is 0 Å². The summed E-state index contributed by atoms with van der Waals surface area (Å²) in [6.07, 6.45) is 0. The van der Waals surface area contributed by atoms with Gasteiger partial charge in [-0.25, -0.2) is 0 Å². The maximum Gasteiger partial charge on any atom is 0.0421 e. The topological polar surface area (TPSA) is 0 Å². The summed E-state index contributed by atoms with van der Waals surface area (Å²) in [6, 6.07) is 17.4. The molecule has 0 atom stereocenters. The zero-order valence-corrected chi connectivity index (χ0v) is 9.92. The predicted molar refractivity (Wildman–Crippen MR) is 72.0 cm³/mol. The number of thiophene rings is 1. The van der Waals surface area contributed by atoms with E-state index in [1.165, 1.54) is 26.8 Å². The molecular formula is C15H12S. The van der Waals surface area contributed by atoms with Crippen LogP contribution in [0.2, 0.25) is 0 Å².